The van der Waals surface area contributed by atoms with Crippen LogP contribution in [0.5, 0.6) is 0 Å². The van der Waals surface area contributed by atoms with Gasteiger partial charge in [-0.3, -0.25) is 0 Å². The van der Waals surface area contributed by atoms with Crippen molar-refractivity contribution in [1.82, 2.24) is 10.2 Å². The smallest absolute Gasteiger partial charge is 0.312 e. The average Bonchev–Trinajstić information content (AvgIpc) is 2.51. The van der Waals surface area contributed by atoms with Crippen LogP contribution in [0.1, 0.15) is 13.3 Å². The van der Waals surface area contributed by atoms with Gasteiger partial charge in [0, 0.05) is 12.6 Å². The van der Waals surface area contributed by atoms with Gasteiger partial charge < -0.3 is 10.2 Å². The molecule has 84 valence electrons. The number of nitrogens with zero attached hydrogens (tertiary/aromatic N) is 1. The first kappa shape index (κ1) is 11.8. The molecule has 0 bridgehead atoms. The van der Waals surface area contributed by atoms with E-state index in [9.17, 15) is 13.2 Å². The normalized spacial score (nSPS) is 28.7. The maximum atomic E-state index is 12.5. The van der Waals surface area contributed by atoms with Crippen molar-refractivity contribution in [2.45, 2.75) is 25.6 Å². The standard InChI is InChI=1S/C9H17F3N2/c1-3-14(2)6-8-7(4-5-13-8)9(10,11)12/h7-8,13H,3-6H2,1-2H3. The van der Waals surface area contributed by atoms with Gasteiger partial charge >= 0.3 is 6.18 Å². The minimum atomic E-state index is -4.05. The molecule has 0 radical (unpaired) electrons. The summed E-state index contributed by atoms with van der Waals surface area (Å²) in [5.74, 6) is -1.17. The van der Waals surface area contributed by atoms with E-state index in [0.29, 0.717) is 13.1 Å². The van der Waals surface area contributed by atoms with Gasteiger partial charge in [0.15, 0.2) is 0 Å². The van der Waals surface area contributed by atoms with Crippen molar-refractivity contribution in [3.05, 3.63) is 0 Å². The molecule has 1 fully saturated rings. The van der Waals surface area contributed by atoms with Crippen molar-refractivity contribution in [3.8, 4) is 0 Å². The largest absolute Gasteiger partial charge is 0.393 e. The molecule has 1 N–H and O–H groups in total. The molecule has 14 heavy (non-hydrogen) atoms. The van der Waals surface area contributed by atoms with Crippen molar-refractivity contribution >= 4 is 0 Å². The van der Waals surface area contributed by atoms with Crippen LogP contribution < -0.4 is 5.32 Å². The van der Waals surface area contributed by atoms with Crippen molar-refractivity contribution in [2.24, 2.45) is 5.92 Å². The molecular weight excluding hydrogens is 193 g/mol. The number of alkyl halides is 3. The van der Waals surface area contributed by atoms with Crippen LogP contribution in [0.2, 0.25) is 0 Å². The number of hydrogen-bond acceptors (Lipinski definition) is 2. The Morgan fingerprint density at radius 1 is 1.43 bits per heavy atom. The average molecular weight is 210 g/mol. The molecule has 1 saturated heterocycles. The molecule has 1 heterocycles. The summed E-state index contributed by atoms with van der Waals surface area (Å²) in [6.45, 7) is 3.67. The summed E-state index contributed by atoms with van der Waals surface area (Å²) >= 11 is 0. The highest BCUT2D eigenvalue weighted by atomic mass is 19.4. The summed E-state index contributed by atoms with van der Waals surface area (Å²) in [5.41, 5.74) is 0. The van der Waals surface area contributed by atoms with Crippen LogP contribution in [0.4, 0.5) is 13.2 Å². The van der Waals surface area contributed by atoms with E-state index in [1.54, 1.807) is 0 Å². The first-order valence-electron chi connectivity index (χ1n) is 4.93. The van der Waals surface area contributed by atoms with Crippen molar-refractivity contribution in [3.63, 3.8) is 0 Å². The zero-order chi connectivity index (χ0) is 10.8. The molecule has 0 spiro atoms. The van der Waals surface area contributed by atoms with Crippen molar-refractivity contribution in [1.29, 1.82) is 0 Å². The monoisotopic (exact) mass is 210 g/mol. The first-order chi connectivity index (χ1) is 6.45. The van der Waals surface area contributed by atoms with Gasteiger partial charge in [-0.15, -0.1) is 0 Å². The lowest BCUT2D eigenvalue weighted by Gasteiger charge is -2.26. The summed E-state index contributed by atoms with van der Waals surface area (Å²) in [7, 11) is 1.84. The second kappa shape index (κ2) is 4.49. The van der Waals surface area contributed by atoms with E-state index in [2.05, 4.69) is 5.32 Å². The fourth-order valence-electron chi connectivity index (χ4n) is 1.82. The minimum absolute atomic E-state index is 0.214. The number of hydrogen-bond donors (Lipinski definition) is 1. The van der Waals surface area contributed by atoms with Gasteiger partial charge in [-0.2, -0.15) is 13.2 Å². The molecule has 2 atom stereocenters. The summed E-state index contributed by atoms with van der Waals surface area (Å²) in [6, 6.07) is -0.431. The SMILES string of the molecule is CCN(C)CC1NCCC1C(F)(F)F. The highest BCUT2D eigenvalue weighted by Crippen LogP contribution is 2.34. The fourth-order valence-corrected chi connectivity index (χ4v) is 1.82. The second-order valence-electron chi connectivity index (χ2n) is 3.85. The quantitative estimate of drug-likeness (QED) is 0.759. The van der Waals surface area contributed by atoms with Gasteiger partial charge in [0.25, 0.3) is 0 Å². The van der Waals surface area contributed by atoms with E-state index >= 15 is 0 Å². The van der Waals surface area contributed by atoms with Crippen LogP contribution in [-0.2, 0) is 0 Å². The highest BCUT2D eigenvalue weighted by molar-refractivity contribution is 4.89. The molecule has 0 saturated carbocycles. The molecule has 5 heteroatoms. The Morgan fingerprint density at radius 3 is 2.57 bits per heavy atom. The molecule has 0 aliphatic carbocycles. The van der Waals surface area contributed by atoms with Gasteiger partial charge in [0.05, 0.1) is 5.92 Å². The van der Waals surface area contributed by atoms with Crippen molar-refractivity contribution in [2.75, 3.05) is 26.7 Å². The minimum Gasteiger partial charge on any atom is -0.312 e. The zero-order valence-corrected chi connectivity index (χ0v) is 8.56. The van der Waals surface area contributed by atoms with Gasteiger partial charge in [-0.1, -0.05) is 6.92 Å². The van der Waals surface area contributed by atoms with E-state index in [1.807, 2.05) is 18.9 Å². The molecule has 0 aromatic heterocycles. The predicted octanol–water partition coefficient (Wildman–Crippen LogP) is 1.48. The molecule has 0 aromatic rings. The molecule has 2 nitrogen and oxygen atoms in total. The van der Waals surface area contributed by atoms with Crippen LogP contribution in [0.15, 0.2) is 0 Å². The van der Waals surface area contributed by atoms with Crippen LogP contribution >= 0.6 is 0 Å². The van der Waals surface area contributed by atoms with Crippen LogP contribution in [0.3, 0.4) is 0 Å². The maximum Gasteiger partial charge on any atom is 0.393 e. The van der Waals surface area contributed by atoms with Gasteiger partial charge in [-0.05, 0) is 26.6 Å². The van der Waals surface area contributed by atoms with E-state index in [1.165, 1.54) is 0 Å². The molecule has 1 aliphatic rings. The maximum absolute atomic E-state index is 12.5. The van der Waals surface area contributed by atoms with E-state index in [4.69, 9.17) is 0 Å². The van der Waals surface area contributed by atoms with Crippen molar-refractivity contribution < 1.29 is 13.2 Å². The Morgan fingerprint density at radius 2 is 2.07 bits per heavy atom. The fraction of sp³-hybridized carbons (Fsp3) is 1.00. The van der Waals surface area contributed by atoms with Crippen LogP contribution in [0, 0.1) is 5.92 Å². The third-order valence-corrected chi connectivity index (χ3v) is 2.82. The lowest BCUT2D eigenvalue weighted by atomic mass is 10.00. The highest BCUT2D eigenvalue weighted by Gasteiger charge is 2.46. The topological polar surface area (TPSA) is 15.3 Å². The Hall–Kier alpha value is -0.290. The number of nitrogens with one attached hydrogen (secondary N) is 1. The molecule has 1 rings (SSSR count). The summed E-state index contributed by atoms with van der Waals surface area (Å²) in [5, 5.41) is 2.92. The van der Waals surface area contributed by atoms with Gasteiger partial charge in [-0.25, -0.2) is 0 Å². The second-order valence-corrected chi connectivity index (χ2v) is 3.85. The van der Waals surface area contributed by atoms with E-state index in [-0.39, 0.29) is 6.42 Å². The Labute approximate surface area is 82.5 Å². The van der Waals surface area contributed by atoms with Gasteiger partial charge in [0.2, 0.25) is 0 Å². The molecule has 0 amide bonds. The molecule has 1 aliphatic heterocycles. The summed E-state index contributed by atoms with van der Waals surface area (Å²) < 4.78 is 37.5. The lowest BCUT2D eigenvalue weighted by Crippen LogP contribution is -2.43. The number of likely N-dealkylation sites (N-methyl/N-ethyl adjacent to an activating group) is 1. The molecular formula is C9H17F3N2. The van der Waals surface area contributed by atoms with E-state index in [0.717, 1.165) is 6.54 Å². The molecule has 0 aromatic carbocycles. The third-order valence-electron chi connectivity index (χ3n) is 2.82. The molecule has 2 unspecified atom stereocenters. The van der Waals surface area contributed by atoms with Crippen LogP contribution in [-0.4, -0.2) is 43.8 Å². The predicted molar refractivity (Wildman–Crippen MR) is 49.1 cm³/mol. The Bertz CT molecular complexity index is 181. The summed E-state index contributed by atoms with van der Waals surface area (Å²) in [4.78, 5) is 1.90. The number of rotatable bonds is 3. The number of halogens is 3. The summed E-state index contributed by atoms with van der Waals surface area (Å²) in [6.07, 6.45) is -3.84. The zero-order valence-electron chi connectivity index (χ0n) is 8.56. The lowest BCUT2D eigenvalue weighted by molar-refractivity contribution is -0.177. The van der Waals surface area contributed by atoms with E-state index < -0.39 is 18.1 Å². The van der Waals surface area contributed by atoms with Gasteiger partial charge in [0.1, 0.15) is 0 Å². The first-order valence-corrected chi connectivity index (χ1v) is 4.93. The Kier molecular flexibility index (Phi) is 3.78. The van der Waals surface area contributed by atoms with Crippen LogP contribution in [0.25, 0.3) is 0 Å². The third kappa shape index (κ3) is 2.85. The Balaban J connectivity index is 2.51.